The summed E-state index contributed by atoms with van der Waals surface area (Å²) in [6, 6.07) is 0.0395. The van der Waals surface area contributed by atoms with Crippen LogP contribution >= 0.6 is 0 Å². The molecule has 0 amide bonds. The Morgan fingerprint density at radius 3 is 2.81 bits per heavy atom. The Balaban J connectivity index is 1.72. The van der Waals surface area contributed by atoms with Crippen molar-refractivity contribution in [3.05, 3.63) is 11.7 Å². The summed E-state index contributed by atoms with van der Waals surface area (Å²) in [7, 11) is 0. The fraction of sp³-hybridized carbons (Fsp3) is 0.818. The summed E-state index contributed by atoms with van der Waals surface area (Å²) in [6.07, 6.45) is 5.29. The van der Waals surface area contributed by atoms with Crippen LogP contribution in [0, 0.1) is 0 Å². The molecule has 2 N–H and O–H groups in total. The Morgan fingerprint density at radius 1 is 1.31 bits per heavy atom. The fourth-order valence-corrected chi connectivity index (χ4v) is 2.64. The molecule has 1 aromatic rings. The molecular formula is C11H17N3O2. The zero-order valence-corrected chi connectivity index (χ0v) is 9.22. The molecule has 2 fully saturated rings. The lowest BCUT2D eigenvalue weighted by molar-refractivity contribution is 0.191. The van der Waals surface area contributed by atoms with Crippen molar-refractivity contribution in [2.24, 2.45) is 0 Å². The first-order valence-corrected chi connectivity index (χ1v) is 6.08. The lowest BCUT2D eigenvalue weighted by Crippen LogP contribution is -2.15. The lowest BCUT2D eigenvalue weighted by atomic mass is 10.1. The van der Waals surface area contributed by atoms with Gasteiger partial charge in [0.1, 0.15) is 0 Å². The number of hydrogen-bond donors (Lipinski definition) is 2. The standard InChI is InChI=1S/C11H17N3O2/c15-8-5-9(12-6-8)11-13-10(14-16-11)7-3-1-2-4-7/h7-9,12,15H,1-6H2/t8-,9-/m0/s1. The van der Waals surface area contributed by atoms with Gasteiger partial charge in [0.25, 0.3) is 0 Å². The van der Waals surface area contributed by atoms with Crippen molar-refractivity contribution < 1.29 is 9.63 Å². The molecule has 0 radical (unpaired) electrons. The Morgan fingerprint density at radius 2 is 2.12 bits per heavy atom. The van der Waals surface area contributed by atoms with E-state index in [0.717, 1.165) is 5.82 Å². The smallest absolute Gasteiger partial charge is 0.243 e. The van der Waals surface area contributed by atoms with Crippen LogP contribution in [0.4, 0.5) is 0 Å². The Labute approximate surface area is 94.2 Å². The highest BCUT2D eigenvalue weighted by Crippen LogP contribution is 2.33. The van der Waals surface area contributed by atoms with E-state index in [0.29, 0.717) is 24.8 Å². The topological polar surface area (TPSA) is 71.2 Å². The van der Waals surface area contributed by atoms with Gasteiger partial charge in [0.05, 0.1) is 12.1 Å². The number of hydrogen-bond acceptors (Lipinski definition) is 5. The van der Waals surface area contributed by atoms with E-state index >= 15 is 0 Å². The molecule has 0 bridgehead atoms. The molecule has 3 rings (SSSR count). The molecule has 0 aromatic carbocycles. The second kappa shape index (κ2) is 4.14. The number of rotatable bonds is 2. The molecule has 88 valence electrons. The molecule has 2 atom stereocenters. The van der Waals surface area contributed by atoms with E-state index in [-0.39, 0.29) is 12.1 Å². The molecule has 2 heterocycles. The van der Waals surface area contributed by atoms with Crippen LogP contribution in [0.25, 0.3) is 0 Å². The Hall–Kier alpha value is -0.940. The van der Waals surface area contributed by atoms with Gasteiger partial charge in [0, 0.05) is 12.5 Å². The third kappa shape index (κ3) is 1.85. The largest absolute Gasteiger partial charge is 0.392 e. The van der Waals surface area contributed by atoms with Crippen LogP contribution in [0.15, 0.2) is 4.52 Å². The monoisotopic (exact) mass is 223 g/mol. The average molecular weight is 223 g/mol. The van der Waals surface area contributed by atoms with Crippen LogP contribution in [-0.4, -0.2) is 27.9 Å². The van der Waals surface area contributed by atoms with E-state index in [1.165, 1.54) is 25.7 Å². The van der Waals surface area contributed by atoms with Gasteiger partial charge in [-0.3, -0.25) is 0 Å². The van der Waals surface area contributed by atoms with Crippen LogP contribution in [0.2, 0.25) is 0 Å². The number of aliphatic hydroxyl groups excluding tert-OH is 1. The van der Waals surface area contributed by atoms with E-state index < -0.39 is 0 Å². The molecule has 5 nitrogen and oxygen atoms in total. The van der Waals surface area contributed by atoms with Gasteiger partial charge in [-0.2, -0.15) is 4.98 Å². The van der Waals surface area contributed by atoms with Crippen molar-refractivity contribution in [2.75, 3.05) is 6.54 Å². The van der Waals surface area contributed by atoms with Crippen LogP contribution < -0.4 is 5.32 Å². The second-order valence-electron chi connectivity index (χ2n) is 4.82. The highest BCUT2D eigenvalue weighted by atomic mass is 16.5. The van der Waals surface area contributed by atoms with Gasteiger partial charge in [-0.05, 0) is 19.3 Å². The number of aliphatic hydroxyl groups is 1. The van der Waals surface area contributed by atoms with Crippen molar-refractivity contribution in [2.45, 2.75) is 50.2 Å². The third-order valence-corrected chi connectivity index (χ3v) is 3.58. The highest BCUT2D eigenvalue weighted by Gasteiger charge is 2.29. The van der Waals surface area contributed by atoms with Crippen molar-refractivity contribution in [1.29, 1.82) is 0 Å². The maximum Gasteiger partial charge on any atom is 0.243 e. The van der Waals surface area contributed by atoms with Gasteiger partial charge in [0.15, 0.2) is 5.82 Å². The van der Waals surface area contributed by atoms with Crippen LogP contribution in [0.5, 0.6) is 0 Å². The average Bonchev–Trinajstić information content (AvgIpc) is 2.97. The highest BCUT2D eigenvalue weighted by molar-refractivity contribution is 5.02. The molecule has 2 aliphatic rings. The molecule has 1 aliphatic carbocycles. The summed E-state index contributed by atoms with van der Waals surface area (Å²) in [5, 5.41) is 16.7. The molecule has 1 saturated heterocycles. The normalized spacial score (nSPS) is 31.3. The molecule has 1 aliphatic heterocycles. The number of nitrogens with one attached hydrogen (secondary N) is 1. The van der Waals surface area contributed by atoms with Crippen molar-refractivity contribution in [1.82, 2.24) is 15.5 Å². The molecule has 1 aromatic heterocycles. The van der Waals surface area contributed by atoms with Crippen molar-refractivity contribution in [3.63, 3.8) is 0 Å². The van der Waals surface area contributed by atoms with Gasteiger partial charge in [-0.1, -0.05) is 18.0 Å². The predicted molar refractivity (Wildman–Crippen MR) is 56.9 cm³/mol. The van der Waals surface area contributed by atoms with Gasteiger partial charge in [-0.25, -0.2) is 0 Å². The molecule has 1 saturated carbocycles. The van der Waals surface area contributed by atoms with E-state index in [2.05, 4.69) is 15.5 Å². The molecule has 16 heavy (non-hydrogen) atoms. The minimum atomic E-state index is -0.285. The second-order valence-corrected chi connectivity index (χ2v) is 4.82. The molecule has 5 heteroatoms. The van der Waals surface area contributed by atoms with Gasteiger partial charge in [0.2, 0.25) is 5.89 Å². The van der Waals surface area contributed by atoms with Gasteiger partial charge in [-0.15, -0.1) is 0 Å². The zero-order valence-electron chi connectivity index (χ0n) is 9.22. The zero-order chi connectivity index (χ0) is 11.0. The van der Waals surface area contributed by atoms with E-state index in [9.17, 15) is 5.11 Å². The van der Waals surface area contributed by atoms with Gasteiger partial charge >= 0.3 is 0 Å². The molecule has 0 unspecified atom stereocenters. The van der Waals surface area contributed by atoms with Gasteiger partial charge < -0.3 is 14.9 Å². The summed E-state index contributed by atoms with van der Waals surface area (Å²) >= 11 is 0. The minimum absolute atomic E-state index is 0.0395. The fourth-order valence-electron chi connectivity index (χ4n) is 2.64. The Kier molecular flexibility index (Phi) is 2.65. The molecular weight excluding hydrogens is 206 g/mol. The van der Waals surface area contributed by atoms with Crippen LogP contribution in [0.3, 0.4) is 0 Å². The summed E-state index contributed by atoms with van der Waals surface area (Å²) in [5.74, 6) is 1.98. The Bertz CT molecular complexity index is 360. The summed E-state index contributed by atoms with van der Waals surface area (Å²) < 4.78 is 5.27. The van der Waals surface area contributed by atoms with Crippen molar-refractivity contribution >= 4 is 0 Å². The molecule has 0 spiro atoms. The number of β-amino-alcohol motifs (C(OH)–C–C–N with tert-alkyl or cyclic N) is 1. The summed E-state index contributed by atoms with van der Waals surface area (Å²) in [5.41, 5.74) is 0. The SMILES string of the molecule is O[C@@H]1CN[C@H](c2nc(C3CCCC3)no2)C1. The first-order chi connectivity index (χ1) is 7.83. The maximum absolute atomic E-state index is 9.43. The number of nitrogens with zero attached hydrogens (tertiary/aromatic N) is 2. The number of aromatic nitrogens is 2. The van der Waals surface area contributed by atoms with E-state index in [4.69, 9.17) is 4.52 Å². The summed E-state index contributed by atoms with van der Waals surface area (Å²) in [6.45, 7) is 0.617. The predicted octanol–water partition coefficient (Wildman–Crippen LogP) is 1.12. The summed E-state index contributed by atoms with van der Waals surface area (Å²) in [4.78, 5) is 4.46. The van der Waals surface area contributed by atoms with E-state index in [1.807, 2.05) is 0 Å². The van der Waals surface area contributed by atoms with Crippen molar-refractivity contribution in [3.8, 4) is 0 Å². The minimum Gasteiger partial charge on any atom is -0.392 e. The maximum atomic E-state index is 9.43. The van der Waals surface area contributed by atoms with E-state index in [1.54, 1.807) is 0 Å². The van der Waals surface area contributed by atoms with Crippen LogP contribution in [-0.2, 0) is 0 Å². The quantitative estimate of drug-likeness (QED) is 0.786. The third-order valence-electron chi connectivity index (χ3n) is 3.58. The van der Waals surface area contributed by atoms with Crippen LogP contribution in [0.1, 0.15) is 55.8 Å². The first kappa shape index (κ1) is 10.2. The lowest BCUT2D eigenvalue weighted by Gasteiger charge is -2.02. The first-order valence-electron chi connectivity index (χ1n) is 6.08.